The number of pyridine rings is 1. The lowest BCUT2D eigenvalue weighted by Crippen LogP contribution is -2.22. The van der Waals surface area contributed by atoms with E-state index in [1.807, 2.05) is 6.92 Å². The molecule has 0 aliphatic carbocycles. The van der Waals surface area contributed by atoms with E-state index in [2.05, 4.69) is 24.1 Å². The van der Waals surface area contributed by atoms with Crippen LogP contribution in [0.15, 0.2) is 18.3 Å². The van der Waals surface area contributed by atoms with E-state index < -0.39 is 0 Å². The van der Waals surface area contributed by atoms with E-state index in [0.717, 1.165) is 19.3 Å². The highest BCUT2D eigenvalue weighted by Crippen LogP contribution is 2.18. The first-order valence-electron chi connectivity index (χ1n) is 7.61. The van der Waals surface area contributed by atoms with E-state index >= 15 is 0 Å². The van der Waals surface area contributed by atoms with Crippen molar-refractivity contribution >= 4 is 11.8 Å². The smallest absolute Gasteiger partial charge is 0.341 e. The molecule has 0 radical (unpaired) electrons. The lowest BCUT2D eigenvalue weighted by Gasteiger charge is -2.19. The monoisotopic (exact) mass is 278 g/mol. The minimum atomic E-state index is -0.311. The van der Waals surface area contributed by atoms with Crippen molar-refractivity contribution in [1.82, 2.24) is 4.98 Å². The maximum atomic E-state index is 11.9. The summed E-state index contributed by atoms with van der Waals surface area (Å²) < 4.78 is 5.07. The standard InChI is InChI=1S/C16H26N2O2/c1-4-7-10-13(9-5-2)18-15-14(11-8-12-17-15)16(19)20-6-3/h8,11-13H,4-7,9-10H2,1-3H3,(H,17,18). The van der Waals surface area contributed by atoms with E-state index in [4.69, 9.17) is 4.74 Å². The number of hydrogen-bond acceptors (Lipinski definition) is 4. The number of anilines is 1. The minimum Gasteiger partial charge on any atom is -0.462 e. The number of nitrogens with one attached hydrogen (secondary N) is 1. The maximum Gasteiger partial charge on any atom is 0.341 e. The second-order valence-corrected chi connectivity index (χ2v) is 4.89. The van der Waals surface area contributed by atoms with Gasteiger partial charge in [-0.05, 0) is 31.9 Å². The number of carbonyl (C=O) groups is 1. The van der Waals surface area contributed by atoms with Gasteiger partial charge in [0, 0.05) is 12.2 Å². The maximum absolute atomic E-state index is 11.9. The van der Waals surface area contributed by atoms with Crippen LogP contribution in [0.25, 0.3) is 0 Å². The van der Waals surface area contributed by atoms with E-state index in [1.54, 1.807) is 18.3 Å². The van der Waals surface area contributed by atoms with Crippen molar-refractivity contribution in [2.24, 2.45) is 0 Å². The van der Waals surface area contributed by atoms with Crippen LogP contribution in [-0.2, 0) is 4.74 Å². The summed E-state index contributed by atoms with van der Waals surface area (Å²) in [5.74, 6) is 0.328. The van der Waals surface area contributed by atoms with Crippen LogP contribution in [0.3, 0.4) is 0 Å². The number of hydrogen-bond donors (Lipinski definition) is 1. The highest BCUT2D eigenvalue weighted by Gasteiger charge is 2.16. The predicted octanol–water partition coefficient (Wildman–Crippen LogP) is 4.03. The highest BCUT2D eigenvalue weighted by molar-refractivity contribution is 5.94. The van der Waals surface area contributed by atoms with Crippen molar-refractivity contribution in [2.75, 3.05) is 11.9 Å². The van der Waals surface area contributed by atoms with Crippen LogP contribution in [0.1, 0.15) is 63.2 Å². The van der Waals surface area contributed by atoms with Gasteiger partial charge in [0.15, 0.2) is 0 Å². The van der Waals surface area contributed by atoms with Crippen molar-refractivity contribution in [1.29, 1.82) is 0 Å². The Balaban J connectivity index is 2.80. The summed E-state index contributed by atoms with van der Waals surface area (Å²) in [7, 11) is 0. The molecule has 1 aromatic heterocycles. The molecule has 0 aromatic carbocycles. The Hall–Kier alpha value is -1.58. The lowest BCUT2D eigenvalue weighted by atomic mass is 10.0. The van der Waals surface area contributed by atoms with Crippen molar-refractivity contribution in [3.8, 4) is 0 Å². The molecule has 4 heteroatoms. The fourth-order valence-electron chi connectivity index (χ4n) is 2.17. The molecule has 0 amide bonds. The summed E-state index contributed by atoms with van der Waals surface area (Å²) in [5.41, 5.74) is 0.520. The molecule has 1 N–H and O–H groups in total. The van der Waals surface area contributed by atoms with Crippen LogP contribution in [0.2, 0.25) is 0 Å². The van der Waals surface area contributed by atoms with Gasteiger partial charge in [-0.2, -0.15) is 0 Å². The number of aromatic nitrogens is 1. The summed E-state index contributed by atoms with van der Waals surface area (Å²) in [4.78, 5) is 16.2. The van der Waals surface area contributed by atoms with Gasteiger partial charge in [-0.25, -0.2) is 9.78 Å². The first kappa shape index (κ1) is 16.5. The van der Waals surface area contributed by atoms with E-state index in [0.29, 0.717) is 24.0 Å². The number of esters is 1. The summed E-state index contributed by atoms with van der Waals surface area (Å²) in [5, 5.41) is 3.41. The fourth-order valence-corrected chi connectivity index (χ4v) is 2.17. The molecular weight excluding hydrogens is 252 g/mol. The van der Waals surface area contributed by atoms with Crippen molar-refractivity contribution in [3.63, 3.8) is 0 Å². The molecule has 1 aromatic rings. The van der Waals surface area contributed by atoms with Crippen LogP contribution in [0.4, 0.5) is 5.82 Å². The zero-order valence-electron chi connectivity index (χ0n) is 12.8. The van der Waals surface area contributed by atoms with Gasteiger partial charge in [0.1, 0.15) is 11.4 Å². The molecular formula is C16H26N2O2. The molecule has 1 heterocycles. The van der Waals surface area contributed by atoms with Crippen LogP contribution in [0.5, 0.6) is 0 Å². The summed E-state index contributed by atoms with van der Waals surface area (Å²) in [6.07, 6.45) is 7.35. The molecule has 1 atom stereocenters. The summed E-state index contributed by atoms with van der Waals surface area (Å²) in [6, 6.07) is 3.89. The molecule has 0 saturated carbocycles. The van der Waals surface area contributed by atoms with Crippen molar-refractivity contribution < 1.29 is 9.53 Å². The second kappa shape index (κ2) is 9.34. The van der Waals surface area contributed by atoms with Gasteiger partial charge in [0.25, 0.3) is 0 Å². The van der Waals surface area contributed by atoms with E-state index in [-0.39, 0.29) is 5.97 Å². The molecule has 1 unspecified atom stereocenters. The molecule has 0 bridgehead atoms. The Labute approximate surface area is 121 Å². The molecule has 20 heavy (non-hydrogen) atoms. The van der Waals surface area contributed by atoms with Crippen LogP contribution >= 0.6 is 0 Å². The number of nitrogens with zero attached hydrogens (tertiary/aromatic N) is 1. The largest absolute Gasteiger partial charge is 0.462 e. The van der Waals surface area contributed by atoms with Crippen LogP contribution in [0, 0.1) is 0 Å². The number of unbranched alkanes of at least 4 members (excludes halogenated alkanes) is 1. The molecule has 0 spiro atoms. The molecule has 1 rings (SSSR count). The van der Waals surface area contributed by atoms with E-state index in [1.165, 1.54) is 12.8 Å². The fraction of sp³-hybridized carbons (Fsp3) is 0.625. The van der Waals surface area contributed by atoms with Gasteiger partial charge in [-0.1, -0.05) is 33.1 Å². The van der Waals surface area contributed by atoms with Crippen LogP contribution in [-0.4, -0.2) is 23.6 Å². The van der Waals surface area contributed by atoms with Gasteiger partial charge < -0.3 is 10.1 Å². The Kier molecular flexibility index (Phi) is 7.70. The molecule has 4 nitrogen and oxygen atoms in total. The first-order chi connectivity index (χ1) is 9.72. The topological polar surface area (TPSA) is 51.2 Å². The Bertz CT molecular complexity index is 407. The van der Waals surface area contributed by atoms with Crippen molar-refractivity contribution in [3.05, 3.63) is 23.9 Å². The zero-order valence-corrected chi connectivity index (χ0v) is 12.8. The Morgan fingerprint density at radius 1 is 1.30 bits per heavy atom. The second-order valence-electron chi connectivity index (χ2n) is 4.89. The first-order valence-corrected chi connectivity index (χ1v) is 7.61. The number of ether oxygens (including phenoxy) is 1. The predicted molar refractivity (Wildman–Crippen MR) is 82.0 cm³/mol. The van der Waals surface area contributed by atoms with Gasteiger partial charge in [0.05, 0.1) is 6.61 Å². The zero-order chi connectivity index (χ0) is 14.8. The average molecular weight is 278 g/mol. The molecule has 112 valence electrons. The quantitative estimate of drug-likeness (QED) is 0.693. The molecule has 0 fully saturated rings. The highest BCUT2D eigenvalue weighted by atomic mass is 16.5. The third-order valence-electron chi connectivity index (χ3n) is 3.19. The Morgan fingerprint density at radius 2 is 2.10 bits per heavy atom. The normalized spacial score (nSPS) is 11.9. The number of carbonyl (C=O) groups excluding carboxylic acids is 1. The Morgan fingerprint density at radius 3 is 2.75 bits per heavy atom. The van der Waals surface area contributed by atoms with E-state index in [9.17, 15) is 4.79 Å². The lowest BCUT2D eigenvalue weighted by molar-refractivity contribution is 0.0527. The molecule has 0 aliphatic rings. The minimum absolute atomic E-state index is 0.311. The van der Waals surface area contributed by atoms with Crippen LogP contribution < -0.4 is 5.32 Å². The molecule has 0 aliphatic heterocycles. The van der Waals surface area contributed by atoms with Gasteiger partial charge in [-0.3, -0.25) is 0 Å². The average Bonchev–Trinajstić information content (AvgIpc) is 2.46. The summed E-state index contributed by atoms with van der Waals surface area (Å²) in [6.45, 7) is 6.54. The number of rotatable bonds is 9. The van der Waals surface area contributed by atoms with Gasteiger partial charge >= 0.3 is 5.97 Å². The SMILES string of the molecule is CCCCC(CCC)Nc1ncccc1C(=O)OCC. The van der Waals surface area contributed by atoms with Gasteiger partial charge in [0.2, 0.25) is 0 Å². The molecule has 0 saturated heterocycles. The van der Waals surface area contributed by atoms with Crippen molar-refractivity contribution in [2.45, 2.75) is 58.9 Å². The third-order valence-corrected chi connectivity index (χ3v) is 3.19. The summed E-state index contributed by atoms with van der Waals surface area (Å²) >= 11 is 0. The van der Waals surface area contributed by atoms with Gasteiger partial charge in [-0.15, -0.1) is 0 Å². The third kappa shape index (κ3) is 5.19.